The van der Waals surface area contributed by atoms with E-state index in [-0.39, 0.29) is 12.0 Å². The molecule has 12 rings (SSSR count). The van der Waals surface area contributed by atoms with E-state index in [1.807, 2.05) is 11.3 Å². The molecular weight excluding hydrogens is 725 g/mol. The van der Waals surface area contributed by atoms with Gasteiger partial charge >= 0.3 is 0 Å². The molecule has 0 amide bonds. The first-order valence-electron chi connectivity index (χ1n) is 20.2. The maximum atomic E-state index is 6.64. The second-order valence-electron chi connectivity index (χ2n) is 15.4. The van der Waals surface area contributed by atoms with Crippen molar-refractivity contribution in [3.63, 3.8) is 0 Å². The van der Waals surface area contributed by atoms with Crippen LogP contribution in [0.2, 0.25) is 0 Å². The van der Waals surface area contributed by atoms with Crippen LogP contribution in [0.3, 0.4) is 0 Å². The van der Waals surface area contributed by atoms with Gasteiger partial charge in [0.1, 0.15) is 11.9 Å². The van der Waals surface area contributed by atoms with Gasteiger partial charge < -0.3 is 14.2 Å². The number of aromatic nitrogens is 1. The van der Waals surface area contributed by atoms with Crippen LogP contribution in [-0.2, 0) is 0 Å². The molecule has 0 saturated heterocycles. The van der Waals surface area contributed by atoms with Gasteiger partial charge in [-0.15, -0.1) is 11.3 Å². The summed E-state index contributed by atoms with van der Waals surface area (Å²) in [5, 5.41) is 5.11. The molecular formula is C54H38N2OS. The molecule has 3 heterocycles. The van der Waals surface area contributed by atoms with Crippen LogP contribution in [0.5, 0.6) is 5.75 Å². The number of anilines is 3. The summed E-state index contributed by atoms with van der Waals surface area (Å²) in [5.74, 6) is 1.24. The molecule has 1 aliphatic heterocycles. The average molecular weight is 763 g/mol. The van der Waals surface area contributed by atoms with Gasteiger partial charge in [-0.3, -0.25) is 0 Å². The van der Waals surface area contributed by atoms with Crippen molar-refractivity contribution < 1.29 is 4.74 Å². The highest BCUT2D eigenvalue weighted by molar-refractivity contribution is 7.26. The Morgan fingerprint density at radius 3 is 2.22 bits per heavy atom. The minimum absolute atomic E-state index is 0.0419. The highest BCUT2D eigenvalue weighted by Crippen LogP contribution is 2.50. The molecule has 0 fully saturated rings. The lowest BCUT2D eigenvalue weighted by Crippen LogP contribution is -2.15. The lowest BCUT2D eigenvalue weighted by atomic mass is 9.88. The highest BCUT2D eigenvalue weighted by Gasteiger charge is 2.34. The van der Waals surface area contributed by atoms with Crippen LogP contribution in [0.1, 0.15) is 24.3 Å². The van der Waals surface area contributed by atoms with E-state index in [1.165, 1.54) is 75.6 Å². The number of nitrogens with zero attached hydrogens (tertiary/aromatic N) is 2. The Labute approximate surface area is 341 Å². The molecule has 2 unspecified atom stereocenters. The van der Waals surface area contributed by atoms with Crippen molar-refractivity contribution >= 4 is 76.1 Å². The number of benzene rings is 7. The second kappa shape index (κ2) is 13.4. The zero-order valence-corrected chi connectivity index (χ0v) is 32.6. The first-order chi connectivity index (χ1) is 28.8. The van der Waals surface area contributed by atoms with Crippen LogP contribution in [0, 0.1) is 0 Å². The van der Waals surface area contributed by atoms with E-state index < -0.39 is 0 Å². The third kappa shape index (κ3) is 5.18. The van der Waals surface area contributed by atoms with E-state index >= 15 is 0 Å². The van der Waals surface area contributed by atoms with Crippen molar-refractivity contribution in [2.45, 2.75) is 24.9 Å². The molecule has 0 spiro atoms. The van der Waals surface area contributed by atoms with E-state index in [9.17, 15) is 0 Å². The summed E-state index contributed by atoms with van der Waals surface area (Å²) in [5.41, 5.74) is 13.0. The minimum atomic E-state index is 0.0419. The van der Waals surface area contributed by atoms with Gasteiger partial charge in [0.05, 0.1) is 21.4 Å². The molecule has 0 saturated carbocycles. The number of thiophene rings is 1. The fourth-order valence-electron chi connectivity index (χ4n) is 9.51. The lowest BCUT2D eigenvalue weighted by molar-refractivity contribution is 0.270. The predicted molar refractivity (Wildman–Crippen MR) is 246 cm³/mol. The summed E-state index contributed by atoms with van der Waals surface area (Å²) >= 11 is 1.87. The second-order valence-corrected chi connectivity index (χ2v) is 16.5. The van der Waals surface area contributed by atoms with Crippen LogP contribution in [0.4, 0.5) is 17.1 Å². The van der Waals surface area contributed by atoms with Crippen molar-refractivity contribution in [1.82, 2.24) is 4.57 Å². The average Bonchev–Trinajstić information content (AvgIpc) is 3.97. The third-order valence-electron chi connectivity index (χ3n) is 12.2. The van der Waals surface area contributed by atoms with Crippen LogP contribution < -0.4 is 9.64 Å². The van der Waals surface area contributed by atoms with Gasteiger partial charge in [-0.05, 0) is 84.1 Å². The number of ether oxygens (including phenoxy) is 1. The van der Waals surface area contributed by atoms with Crippen molar-refractivity contribution in [2.75, 3.05) is 4.90 Å². The summed E-state index contributed by atoms with van der Waals surface area (Å²) in [6, 6.07) is 55.9. The fourth-order valence-corrected chi connectivity index (χ4v) is 10.7. The number of hydrogen-bond donors (Lipinski definition) is 0. The lowest BCUT2D eigenvalue weighted by Gasteiger charge is -2.27. The standard InChI is InChI=1S/C54H38N2OS/c1-2-14-36(15-3-1)56-48-24-9-6-18-41(48)42-33-32-38(34-50(42)56)55(49-25-13-23-47-44-20-8-11-27-52(44)58-54(47)49)37-30-28-35(29-31-37)39-16-4-5-17-40(39)45-21-12-22-46-43-19-7-10-26-51(43)57-53(45)46/h2,4-34,43,51H,1,3H2. The van der Waals surface area contributed by atoms with Crippen LogP contribution in [0.15, 0.2) is 194 Å². The molecule has 7 aromatic carbocycles. The summed E-state index contributed by atoms with van der Waals surface area (Å²) in [6.07, 6.45) is 17.8. The van der Waals surface area contributed by atoms with Gasteiger partial charge in [0.15, 0.2) is 0 Å². The van der Waals surface area contributed by atoms with Gasteiger partial charge in [0.2, 0.25) is 0 Å². The maximum absolute atomic E-state index is 6.64. The van der Waals surface area contributed by atoms with E-state index in [0.29, 0.717) is 0 Å². The number of hydrogen-bond acceptors (Lipinski definition) is 3. The molecule has 0 N–H and O–H groups in total. The van der Waals surface area contributed by atoms with E-state index in [4.69, 9.17) is 4.74 Å². The molecule has 3 nitrogen and oxygen atoms in total. The van der Waals surface area contributed by atoms with Crippen LogP contribution in [0.25, 0.3) is 69.9 Å². The smallest absolute Gasteiger partial charge is 0.132 e. The molecule has 2 aromatic heterocycles. The molecule has 2 aliphatic carbocycles. The fraction of sp³-hybridized carbons (Fsp3) is 0.0741. The first kappa shape index (κ1) is 33.3. The summed E-state index contributed by atoms with van der Waals surface area (Å²) in [6.45, 7) is 0. The largest absolute Gasteiger partial charge is 0.484 e. The Balaban J connectivity index is 1.03. The summed E-state index contributed by atoms with van der Waals surface area (Å²) in [7, 11) is 0. The first-order valence-corrected chi connectivity index (χ1v) is 21.1. The summed E-state index contributed by atoms with van der Waals surface area (Å²) in [4.78, 5) is 2.46. The zero-order valence-electron chi connectivity index (χ0n) is 31.8. The molecule has 0 bridgehead atoms. The van der Waals surface area contributed by atoms with Gasteiger partial charge in [0, 0.05) is 60.4 Å². The zero-order chi connectivity index (χ0) is 38.2. The van der Waals surface area contributed by atoms with Crippen molar-refractivity contribution in [3.8, 4) is 28.0 Å². The predicted octanol–water partition coefficient (Wildman–Crippen LogP) is 15.1. The Morgan fingerprint density at radius 1 is 0.586 bits per heavy atom. The minimum Gasteiger partial charge on any atom is -0.484 e. The van der Waals surface area contributed by atoms with E-state index in [0.717, 1.165) is 35.5 Å². The van der Waals surface area contributed by atoms with Gasteiger partial charge in [0.25, 0.3) is 0 Å². The van der Waals surface area contributed by atoms with Crippen LogP contribution in [-0.4, -0.2) is 10.7 Å². The maximum Gasteiger partial charge on any atom is 0.132 e. The van der Waals surface area contributed by atoms with Crippen molar-refractivity contribution in [1.29, 1.82) is 0 Å². The number of para-hydroxylation sites is 2. The third-order valence-corrected chi connectivity index (χ3v) is 13.4. The Kier molecular flexibility index (Phi) is 7.67. The topological polar surface area (TPSA) is 17.4 Å². The van der Waals surface area contributed by atoms with Gasteiger partial charge in [-0.2, -0.15) is 0 Å². The Morgan fingerprint density at radius 2 is 1.33 bits per heavy atom. The number of allylic oxidation sites excluding steroid dienone is 6. The van der Waals surface area contributed by atoms with Crippen LogP contribution >= 0.6 is 11.3 Å². The van der Waals surface area contributed by atoms with E-state index in [2.05, 4.69) is 204 Å². The molecule has 3 aliphatic rings. The molecule has 9 aromatic rings. The normalized spacial score (nSPS) is 16.9. The number of rotatable bonds is 6. The van der Waals surface area contributed by atoms with Gasteiger partial charge in [-0.1, -0.05) is 140 Å². The van der Waals surface area contributed by atoms with Crippen molar-refractivity contribution in [3.05, 3.63) is 200 Å². The SMILES string of the molecule is C1=CC2Oc3c(-c4ccccc4-c4ccc(N(c5ccc6c7ccccc7n(C7=CCCC=C7)c6c5)c5cccc6c5sc5ccccc56)cc4)cccc3C2C=C1. The Hall–Kier alpha value is -6.88. The van der Waals surface area contributed by atoms with E-state index in [1.54, 1.807) is 0 Å². The monoisotopic (exact) mass is 762 g/mol. The Bertz CT molecular complexity index is 3230. The molecule has 58 heavy (non-hydrogen) atoms. The van der Waals surface area contributed by atoms with Gasteiger partial charge in [-0.25, -0.2) is 0 Å². The highest BCUT2D eigenvalue weighted by atomic mass is 32.1. The molecule has 0 radical (unpaired) electrons. The molecule has 276 valence electrons. The number of fused-ring (bicyclic) bond motifs is 9. The summed E-state index contributed by atoms with van der Waals surface area (Å²) < 4.78 is 11.7. The molecule has 2 atom stereocenters. The quantitative estimate of drug-likeness (QED) is 0.168. The van der Waals surface area contributed by atoms with Crippen molar-refractivity contribution in [2.24, 2.45) is 0 Å². The molecule has 4 heteroatoms.